The summed E-state index contributed by atoms with van der Waals surface area (Å²) in [4.78, 5) is 14.8. The molecule has 24 heavy (non-hydrogen) atoms. The third-order valence-electron chi connectivity index (χ3n) is 4.76. The highest BCUT2D eigenvalue weighted by Gasteiger charge is 2.38. The molecule has 0 bridgehead atoms. The first-order valence-corrected chi connectivity index (χ1v) is 8.27. The second-order valence-electron chi connectivity index (χ2n) is 6.09. The van der Waals surface area contributed by atoms with Crippen molar-refractivity contribution in [2.45, 2.75) is 18.6 Å². The van der Waals surface area contributed by atoms with Gasteiger partial charge in [0.25, 0.3) is 5.91 Å². The lowest BCUT2D eigenvalue weighted by molar-refractivity contribution is 0.0925. The lowest BCUT2D eigenvalue weighted by Crippen LogP contribution is -2.49. The lowest BCUT2D eigenvalue weighted by Gasteiger charge is -2.44. The third kappa shape index (κ3) is 2.24. The molecule has 124 valence electrons. The zero-order valence-corrected chi connectivity index (χ0v) is 14.0. The Kier molecular flexibility index (Phi) is 3.62. The Hall–Kier alpha value is -2.24. The predicted octanol–water partition coefficient (Wildman–Crippen LogP) is 3.00. The highest BCUT2D eigenvalue weighted by atomic mass is 35.5. The quantitative estimate of drug-likeness (QED) is 0.879. The van der Waals surface area contributed by atoms with Crippen molar-refractivity contribution in [3.63, 3.8) is 0 Å². The monoisotopic (exact) mass is 343 g/mol. The van der Waals surface area contributed by atoms with E-state index in [4.69, 9.17) is 22.1 Å². The number of carbonyl (C=O) groups excluding carboxylic acids is 1. The molecular weight excluding hydrogens is 326 g/mol. The van der Waals surface area contributed by atoms with Crippen molar-refractivity contribution in [1.82, 2.24) is 5.32 Å². The van der Waals surface area contributed by atoms with Crippen molar-refractivity contribution in [3.8, 4) is 5.75 Å². The van der Waals surface area contributed by atoms with Crippen LogP contribution in [-0.4, -0.2) is 19.6 Å². The van der Waals surface area contributed by atoms with Gasteiger partial charge in [-0.2, -0.15) is 0 Å². The van der Waals surface area contributed by atoms with E-state index in [1.807, 2.05) is 24.3 Å². The van der Waals surface area contributed by atoms with E-state index in [1.54, 1.807) is 19.2 Å². The number of halogens is 1. The van der Waals surface area contributed by atoms with Crippen LogP contribution in [0.2, 0.25) is 5.02 Å². The minimum absolute atomic E-state index is 0.103. The fourth-order valence-corrected chi connectivity index (χ4v) is 3.84. The molecule has 0 unspecified atom stereocenters. The Morgan fingerprint density at radius 1 is 1.25 bits per heavy atom. The van der Waals surface area contributed by atoms with Gasteiger partial charge in [-0.05, 0) is 36.2 Å². The average molecular weight is 344 g/mol. The zero-order chi connectivity index (χ0) is 16.8. The Bertz CT molecular complexity index is 807. The normalized spacial score (nSPS) is 22.0. The molecule has 2 heterocycles. The molecule has 2 atom stereocenters. The van der Waals surface area contributed by atoms with Crippen molar-refractivity contribution in [2.75, 3.05) is 18.6 Å². The molecule has 0 fully saturated rings. The molecule has 0 saturated carbocycles. The van der Waals surface area contributed by atoms with E-state index in [2.05, 4.69) is 10.2 Å². The van der Waals surface area contributed by atoms with Gasteiger partial charge in [-0.3, -0.25) is 4.79 Å². The fourth-order valence-electron chi connectivity index (χ4n) is 3.55. The standard InChI is InChI=1S/C18H18ClN3O2/c1-24-11-4-2-10(3-5-11)17-21-18(23)12-6-7-13(19)15-14(20)8-9-22(17)16(12)15/h2-7,14,17H,8-9,20H2,1H3,(H,21,23)/t14-,17-/m0/s1. The molecule has 0 radical (unpaired) electrons. The number of hydrogen-bond donors (Lipinski definition) is 2. The summed E-state index contributed by atoms with van der Waals surface area (Å²) in [6.07, 6.45) is 0.555. The molecule has 2 aromatic rings. The molecule has 3 N–H and O–H groups in total. The van der Waals surface area contributed by atoms with Gasteiger partial charge in [0.2, 0.25) is 0 Å². The molecule has 5 nitrogen and oxygen atoms in total. The molecule has 0 spiro atoms. The van der Waals surface area contributed by atoms with Crippen molar-refractivity contribution in [1.29, 1.82) is 0 Å². The van der Waals surface area contributed by atoms with Gasteiger partial charge in [0.15, 0.2) is 0 Å². The highest BCUT2D eigenvalue weighted by Crippen LogP contribution is 2.45. The predicted molar refractivity (Wildman–Crippen MR) is 93.5 cm³/mol. The first kappa shape index (κ1) is 15.3. The summed E-state index contributed by atoms with van der Waals surface area (Å²) in [7, 11) is 1.63. The summed E-state index contributed by atoms with van der Waals surface area (Å²) in [6, 6.07) is 11.1. The van der Waals surface area contributed by atoms with Gasteiger partial charge in [0, 0.05) is 23.2 Å². The number of anilines is 1. The lowest BCUT2D eigenvalue weighted by atomic mass is 9.90. The molecule has 0 saturated heterocycles. The second-order valence-corrected chi connectivity index (χ2v) is 6.50. The van der Waals surface area contributed by atoms with Gasteiger partial charge in [-0.1, -0.05) is 23.7 Å². The fraction of sp³-hybridized carbons (Fsp3) is 0.278. The van der Waals surface area contributed by atoms with Crippen molar-refractivity contribution in [3.05, 3.63) is 58.1 Å². The number of nitrogens with zero attached hydrogens (tertiary/aromatic N) is 1. The number of rotatable bonds is 2. The van der Waals surface area contributed by atoms with Crippen LogP contribution in [0.1, 0.15) is 40.1 Å². The van der Waals surface area contributed by atoms with Crippen LogP contribution >= 0.6 is 11.6 Å². The van der Waals surface area contributed by atoms with Crippen LogP contribution in [-0.2, 0) is 0 Å². The molecule has 6 heteroatoms. The number of amides is 1. The van der Waals surface area contributed by atoms with E-state index in [-0.39, 0.29) is 18.1 Å². The van der Waals surface area contributed by atoms with E-state index in [9.17, 15) is 4.79 Å². The number of nitrogens with one attached hydrogen (secondary N) is 1. The van der Waals surface area contributed by atoms with Crippen LogP contribution in [0.25, 0.3) is 0 Å². The van der Waals surface area contributed by atoms with Crippen molar-refractivity contribution in [2.24, 2.45) is 5.73 Å². The summed E-state index contributed by atoms with van der Waals surface area (Å²) in [5.74, 6) is 0.680. The third-order valence-corrected chi connectivity index (χ3v) is 5.09. The van der Waals surface area contributed by atoms with Crippen LogP contribution < -0.4 is 20.7 Å². The Morgan fingerprint density at radius 2 is 2.00 bits per heavy atom. The smallest absolute Gasteiger partial charge is 0.255 e. The number of benzene rings is 2. The topological polar surface area (TPSA) is 67.6 Å². The van der Waals surface area contributed by atoms with Crippen LogP contribution in [0.15, 0.2) is 36.4 Å². The minimum atomic E-state index is -0.236. The summed E-state index contributed by atoms with van der Waals surface area (Å²) in [5, 5.41) is 3.70. The molecule has 2 aliphatic rings. The minimum Gasteiger partial charge on any atom is -0.497 e. The van der Waals surface area contributed by atoms with Gasteiger partial charge in [0.05, 0.1) is 18.4 Å². The summed E-state index contributed by atoms with van der Waals surface area (Å²) < 4.78 is 5.21. The number of methoxy groups -OCH3 is 1. The highest BCUT2D eigenvalue weighted by molar-refractivity contribution is 6.32. The van der Waals surface area contributed by atoms with Crippen molar-refractivity contribution < 1.29 is 9.53 Å². The van der Waals surface area contributed by atoms with E-state index in [0.29, 0.717) is 10.6 Å². The Labute approximate surface area is 145 Å². The molecule has 2 aliphatic heterocycles. The molecule has 2 aromatic carbocycles. The van der Waals surface area contributed by atoms with E-state index in [0.717, 1.165) is 35.5 Å². The SMILES string of the molecule is COc1ccc([C@H]2NC(=O)c3ccc(Cl)c4c3N2CC[C@@H]4N)cc1. The van der Waals surface area contributed by atoms with Crippen LogP contribution in [0.4, 0.5) is 5.69 Å². The van der Waals surface area contributed by atoms with Crippen LogP contribution in [0.3, 0.4) is 0 Å². The van der Waals surface area contributed by atoms with E-state index >= 15 is 0 Å². The number of carbonyl (C=O) groups is 1. The maximum atomic E-state index is 12.6. The zero-order valence-electron chi connectivity index (χ0n) is 13.3. The average Bonchev–Trinajstić information content (AvgIpc) is 2.60. The molecule has 0 aromatic heterocycles. The van der Waals surface area contributed by atoms with Crippen molar-refractivity contribution >= 4 is 23.2 Å². The summed E-state index contributed by atoms with van der Waals surface area (Å²) in [6.45, 7) is 0.762. The van der Waals surface area contributed by atoms with E-state index < -0.39 is 0 Å². The van der Waals surface area contributed by atoms with Gasteiger partial charge in [0.1, 0.15) is 11.9 Å². The second kappa shape index (κ2) is 5.69. The Balaban J connectivity index is 1.83. The molecular formula is C18H18ClN3O2. The summed E-state index contributed by atoms with van der Waals surface area (Å²) >= 11 is 6.38. The van der Waals surface area contributed by atoms with Gasteiger partial charge in [-0.15, -0.1) is 0 Å². The van der Waals surface area contributed by atoms with Gasteiger partial charge >= 0.3 is 0 Å². The first-order valence-electron chi connectivity index (χ1n) is 7.89. The maximum absolute atomic E-state index is 12.6. The van der Waals surface area contributed by atoms with Gasteiger partial charge < -0.3 is 20.7 Å². The largest absolute Gasteiger partial charge is 0.497 e. The summed E-state index contributed by atoms with van der Waals surface area (Å²) in [5.41, 5.74) is 9.63. The number of hydrogen-bond acceptors (Lipinski definition) is 4. The molecule has 1 amide bonds. The van der Waals surface area contributed by atoms with Crippen LogP contribution in [0, 0.1) is 0 Å². The van der Waals surface area contributed by atoms with E-state index in [1.165, 1.54) is 0 Å². The number of nitrogens with two attached hydrogens (primary N) is 1. The first-order chi connectivity index (χ1) is 11.6. The molecule has 0 aliphatic carbocycles. The van der Waals surface area contributed by atoms with Gasteiger partial charge in [-0.25, -0.2) is 0 Å². The number of ether oxygens (including phenoxy) is 1. The maximum Gasteiger partial charge on any atom is 0.255 e. The Morgan fingerprint density at radius 3 is 2.71 bits per heavy atom. The van der Waals surface area contributed by atoms with Crippen LogP contribution in [0.5, 0.6) is 5.75 Å². The molecule has 4 rings (SSSR count).